The number of benzene rings is 1. The molecule has 6 rings (SSSR count). The zero-order valence-corrected chi connectivity index (χ0v) is 22.4. The van der Waals surface area contributed by atoms with Gasteiger partial charge in [-0.1, -0.05) is 0 Å². The lowest BCUT2D eigenvalue weighted by Crippen LogP contribution is -2.58. The van der Waals surface area contributed by atoms with Gasteiger partial charge < -0.3 is 20.3 Å². The first kappa shape index (κ1) is 25.3. The van der Waals surface area contributed by atoms with Gasteiger partial charge in [0.2, 0.25) is 5.91 Å². The van der Waals surface area contributed by atoms with E-state index in [0.717, 1.165) is 29.8 Å². The van der Waals surface area contributed by atoms with E-state index in [1.165, 1.54) is 12.4 Å². The Hall–Kier alpha value is -3.99. The second-order valence-corrected chi connectivity index (χ2v) is 10.6. The first-order valence-corrected chi connectivity index (χ1v) is 13.4. The molecule has 5 heterocycles. The average molecular weight is 533 g/mol. The molecule has 39 heavy (non-hydrogen) atoms. The van der Waals surface area contributed by atoms with Crippen molar-refractivity contribution in [3.8, 4) is 22.5 Å². The van der Waals surface area contributed by atoms with Gasteiger partial charge in [-0.15, -0.1) is 0 Å². The van der Waals surface area contributed by atoms with Crippen LogP contribution in [0.5, 0.6) is 0 Å². The quantitative estimate of drug-likeness (QED) is 0.426. The summed E-state index contributed by atoms with van der Waals surface area (Å²) in [5.74, 6) is 0.0459. The molecule has 2 aliphatic rings. The van der Waals surface area contributed by atoms with Crippen LogP contribution in [0.4, 0.5) is 15.9 Å². The Balaban J connectivity index is 1.45. The Morgan fingerprint density at radius 2 is 1.79 bits per heavy atom. The molecular weight excluding hydrogens is 499 g/mol. The fourth-order valence-electron chi connectivity index (χ4n) is 6.18. The highest BCUT2D eigenvalue weighted by Gasteiger charge is 2.31. The van der Waals surface area contributed by atoms with Crippen LogP contribution in [0.3, 0.4) is 0 Å². The summed E-state index contributed by atoms with van der Waals surface area (Å²) in [5, 5.41) is 9.15. The number of ether oxygens (including phenoxy) is 1. The molecule has 1 amide bonds. The van der Waals surface area contributed by atoms with E-state index in [1.54, 1.807) is 23.7 Å². The lowest BCUT2D eigenvalue weighted by atomic mass is 10.0. The number of hydrogen-bond donors (Lipinski definition) is 1. The highest BCUT2D eigenvalue weighted by atomic mass is 19.1. The highest BCUT2D eigenvalue weighted by Crippen LogP contribution is 2.38. The maximum absolute atomic E-state index is 15.2. The van der Waals surface area contributed by atoms with E-state index in [9.17, 15) is 4.79 Å². The van der Waals surface area contributed by atoms with Gasteiger partial charge in [0.25, 0.3) is 0 Å². The number of nitrogens with zero attached hydrogens (tertiary/aromatic N) is 7. The van der Waals surface area contributed by atoms with E-state index in [2.05, 4.69) is 33.9 Å². The lowest BCUT2D eigenvalue weighted by molar-refractivity contribution is -0.130. The molecule has 0 radical (unpaired) electrons. The van der Waals surface area contributed by atoms with Gasteiger partial charge in [-0.25, -0.2) is 13.9 Å². The fraction of sp³-hybridized carbons (Fsp3) is 0.429. The van der Waals surface area contributed by atoms with Crippen LogP contribution in [0.2, 0.25) is 0 Å². The van der Waals surface area contributed by atoms with Crippen LogP contribution < -0.4 is 10.6 Å². The van der Waals surface area contributed by atoms with Crippen LogP contribution in [0.1, 0.15) is 39.7 Å². The molecular formula is C28H33FN8O2. The number of amides is 1. The Kier molecular flexibility index (Phi) is 6.46. The molecule has 2 N–H and O–H groups in total. The van der Waals surface area contributed by atoms with Gasteiger partial charge in [-0.05, 0) is 57.0 Å². The zero-order chi connectivity index (χ0) is 27.3. The van der Waals surface area contributed by atoms with Gasteiger partial charge in [0.15, 0.2) is 5.82 Å². The van der Waals surface area contributed by atoms with Crippen molar-refractivity contribution < 1.29 is 13.9 Å². The van der Waals surface area contributed by atoms with Crippen molar-refractivity contribution >= 4 is 22.9 Å². The summed E-state index contributed by atoms with van der Waals surface area (Å²) in [5.41, 5.74) is 10.9. The normalized spacial score (nSPS) is 20.6. The molecule has 1 aromatic carbocycles. The van der Waals surface area contributed by atoms with Crippen molar-refractivity contribution in [3.63, 3.8) is 0 Å². The first-order chi connectivity index (χ1) is 18.8. The molecule has 3 aromatic heterocycles. The predicted octanol–water partition coefficient (Wildman–Crippen LogP) is 3.78. The van der Waals surface area contributed by atoms with Crippen LogP contribution in [0.25, 0.3) is 28.0 Å². The highest BCUT2D eigenvalue weighted by molar-refractivity contribution is 5.91. The van der Waals surface area contributed by atoms with Crippen molar-refractivity contribution in [2.24, 2.45) is 0 Å². The topological polar surface area (TPSA) is 107 Å². The number of halogens is 1. The summed E-state index contributed by atoms with van der Waals surface area (Å²) in [7, 11) is 0. The average Bonchev–Trinajstić information content (AvgIpc) is 3.54. The maximum atomic E-state index is 15.2. The molecule has 2 saturated heterocycles. The van der Waals surface area contributed by atoms with E-state index in [0.29, 0.717) is 48.9 Å². The number of nitrogen functional groups attached to an aromatic ring is 1. The third kappa shape index (κ3) is 4.50. The number of carbonyl (C=O) groups excluding carboxylic acids is 1. The summed E-state index contributed by atoms with van der Waals surface area (Å²) < 4.78 is 24.5. The smallest absolute Gasteiger partial charge is 0.219 e. The second-order valence-electron chi connectivity index (χ2n) is 10.6. The Morgan fingerprint density at radius 3 is 2.51 bits per heavy atom. The summed E-state index contributed by atoms with van der Waals surface area (Å²) in [6.45, 7) is 8.28. The molecule has 4 aromatic rings. The van der Waals surface area contributed by atoms with E-state index < -0.39 is 0 Å². The van der Waals surface area contributed by atoms with E-state index in [-0.39, 0.29) is 29.8 Å². The van der Waals surface area contributed by atoms with Gasteiger partial charge in [0, 0.05) is 68.3 Å². The van der Waals surface area contributed by atoms with Crippen molar-refractivity contribution in [2.75, 3.05) is 36.9 Å². The largest absolute Gasteiger partial charge is 0.382 e. The van der Waals surface area contributed by atoms with Crippen molar-refractivity contribution in [1.82, 2.24) is 29.3 Å². The molecule has 0 spiro atoms. The Morgan fingerprint density at radius 1 is 1.05 bits per heavy atom. The third-order valence-electron chi connectivity index (χ3n) is 7.91. The van der Waals surface area contributed by atoms with Crippen LogP contribution in [-0.4, -0.2) is 73.6 Å². The molecule has 0 saturated carbocycles. The molecule has 2 atom stereocenters. The molecule has 0 bridgehead atoms. The number of piperazine rings is 1. The van der Waals surface area contributed by atoms with E-state index in [4.69, 9.17) is 10.5 Å². The minimum absolute atomic E-state index is 0.0266. The van der Waals surface area contributed by atoms with Crippen molar-refractivity contribution in [2.45, 2.75) is 51.7 Å². The number of aromatic nitrogens is 5. The number of nitrogens with two attached hydrogens (primary N) is 1. The van der Waals surface area contributed by atoms with Crippen molar-refractivity contribution in [1.29, 1.82) is 0 Å². The molecule has 2 unspecified atom stereocenters. The second kappa shape index (κ2) is 9.96. The van der Waals surface area contributed by atoms with E-state index in [1.807, 2.05) is 27.8 Å². The van der Waals surface area contributed by atoms with Gasteiger partial charge in [0.1, 0.15) is 17.7 Å². The number of carbonyl (C=O) groups is 1. The third-order valence-corrected chi connectivity index (χ3v) is 7.91. The molecule has 10 nitrogen and oxygen atoms in total. The summed E-state index contributed by atoms with van der Waals surface area (Å²) in [6, 6.07) is 9.29. The summed E-state index contributed by atoms with van der Waals surface area (Å²) >= 11 is 0. The van der Waals surface area contributed by atoms with Gasteiger partial charge in [0.05, 0.1) is 17.4 Å². The standard InChI is InChI=1S/C28H33FN8O2/c1-17-14-34(19(3)38)15-18(2)35(17)23-11-20(10-21(29)12-23)26-13-24(27-28(30)31-16-33-37(26)27)25-4-7-32-36(25)22-5-8-39-9-6-22/h4,7,10-13,16-18,22H,5-6,8-9,14-15H2,1-3H3,(H2,30,31,33). The monoisotopic (exact) mass is 532 g/mol. The fourth-order valence-corrected chi connectivity index (χ4v) is 6.18. The Bertz CT molecular complexity index is 1510. The van der Waals surface area contributed by atoms with Gasteiger partial charge in [-0.2, -0.15) is 10.2 Å². The minimum Gasteiger partial charge on any atom is -0.382 e. The van der Waals surface area contributed by atoms with Crippen LogP contribution in [-0.2, 0) is 9.53 Å². The SMILES string of the molecule is CC(=O)N1CC(C)N(c2cc(F)cc(-c3cc(-c4ccnn4C4CCOCC4)c4c(N)ncnn34)c2)C(C)C1. The minimum atomic E-state index is -0.346. The summed E-state index contributed by atoms with van der Waals surface area (Å²) in [6.07, 6.45) is 4.95. The number of anilines is 2. The molecule has 2 aliphatic heterocycles. The molecule has 204 valence electrons. The Labute approximate surface area is 226 Å². The summed E-state index contributed by atoms with van der Waals surface area (Å²) in [4.78, 5) is 20.3. The van der Waals surface area contributed by atoms with E-state index >= 15 is 4.39 Å². The maximum Gasteiger partial charge on any atom is 0.219 e. The first-order valence-electron chi connectivity index (χ1n) is 13.4. The van der Waals surface area contributed by atoms with Crippen LogP contribution in [0.15, 0.2) is 42.9 Å². The molecule has 11 heteroatoms. The lowest BCUT2D eigenvalue weighted by Gasteiger charge is -2.45. The van der Waals surface area contributed by atoms with Crippen LogP contribution >= 0.6 is 0 Å². The number of fused-ring (bicyclic) bond motifs is 1. The number of hydrogen-bond acceptors (Lipinski definition) is 7. The van der Waals surface area contributed by atoms with Gasteiger partial charge in [-0.3, -0.25) is 9.48 Å². The molecule has 2 fully saturated rings. The van der Waals surface area contributed by atoms with Crippen molar-refractivity contribution in [3.05, 3.63) is 48.7 Å². The molecule has 0 aliphatic carbocycles. The predicted molar refractivity (Wildman–Crippen MR) is 147 cm³/mol. The van der Waals surface area contributed by atoms with Crippen LogP contribution in [0, 0.1) is 5.82 Å². The number of rotatable bonds is 4. The zero-order valence-electron chi connectivity index (χ0n) is 22.4. The van der Waals surface area contributed by atoms with Gasteiger partial charge >= 0.3 is 0 Å².